The van der Waals surface area contributed by atoms with E-state index in [2.05, 4.69) is 0 Å². The Morgan fingerprint density at radius 2 is 1.80 bits per heavy atom. The summed E-state index contributed by atoms with van der Waals surface area (Å²) in [7, 11) is 1.60. The summed E-state index contributed by atoms with van der Waals surface area (Å²) in [6.45, 7) is -0.169. The number of benzene rings is 2. The second-order valence-electron chi connectivity index (χ2n) is 7.41. The van der Waals surface area contributed by atoms with Crippen molar-refractivity contribution in [2.75, 3.05) is 13.7 Å². The van der Waals surface area contributed by atoms with Crippen LogP contribution in [0.5, 0.6) is 17.2 Å². The number of carbonyl (C=O) groups excluding carboxylic acids is 2. The molecular weight excluding hydrogens is 384 g/mol. The van der Waals surface area contributed by atoms with E-state index in [4.69, 9.17) is 18.9 Å². The van der Waals surface area contributed by atoms with Crippen molar-refractivity contribution in [2.45, 2.75) is 38.2 Å². The lowest BCUT2D eigenvalue weighted by molar-refractivity contribution is -0.152. The molecule has 0 aromatic heterocycles. The highest BCUT2D eigenvalue weighted by Crippen LogP contribution is 2.35. The van der Waals surface area contributed by atoms with E-state index >= 15 is 0 Å². The molecule has 0 amide bonds. The van der Waals surface area contributed by atoms with E-state index in [-0.39, 0.29) is 30.2 Å². The molecule has 0 spiro atoms. The van der Waals surface area contributed by atoms with Gasteiger partial charge in [0.2, 0.25) is 5.78 Å². The number of allylic oxidation sites excluding steroid dienone is 1. The van der Waals surface area contributed by atoms with Gasteiger partial charge in [0.05, 0.1) is 12.7 Å². The van der Waals surface area contributed by atoms with Gasteiger partial charge in [-0.05, 0) is 61.6 Å². The van der Waals surface area contributed by atoms with Crippen LogP contribution in [-0.4, -0.2) is 31.6 Å². The van der Waals surface area contributed by atoms with Crippen molar-refractivity contribution in [1.29, 1.82) is 0 Å². The maximum absolute atomic E-state index is 12.6. The fourth-order valence-electron chi connectivity index (χ4n) is 3.65. The van der Waals surface area contributed by atoms with E-state index in [0.717, 1.165) is 37.0 Å². The molecule has 1 saturated carbocycles. The first-order valence-electron chi connectivity index (χ1n) is 10.2. The predicted molar refractivity (Wildman–Crippen MR) is 111 cm³/mol. The number of fused-ring (bicyclic) bond motifs is 1. The molecule has 2 aromatic carbocycles. The summed E-state index contributed by atoms with van der Waals surface area (Å²) in [6.07, 6.45) is 6.93. The Balaban J connectivity index is 1.37. The molecule has 2 aliphatic rings. The number of hydrogen-bond donors (Lipinski definition) is 0. The Morgan fingerprint density at radius 3 is 2.53 bits per heavy atom. The first-order chi connectivity index (χ1) is 14.6. The van der Waals surface area contributed by atoms with Crippen LogP contribution in [-0.2, 0) is 9.53 Å². The van der Waals surface area contributed by atoms with Crippen LogP contribution in [0.2, 0.25) is 0 Å². The molecule has 156 valence electrons. The Kier molecular flexibility index (Phi) is 6.02. The van der Waals surface area contributed by atoms with Crippen molar-refractivity contribution in [3.05, 3.63) is 59.4 Å². The predicted octanol–water partition coefficient (Wildman–Crippen LogP) is 4.57. The van der Waals surface area contributed by atoms with E-state index in [1.165, 1.54) is 6.42 Å². The number of esters is 1. The maximum Gasteiger partial charge on any atom is 0.344 e. The van der Waals surface area contributed by atoms with Gasteiger partial charge in [-0.1, -0.05) is 18.6 Å². The summed E-state index contributed by atoms with van der Waals surface area (Å²) in [5, 5.41) is 0. The Morgan fingerprint density at radius 1 is 1.07 bits per heavy atom. The van der Waals surface area contributed by atoms with Crippen LogP contribution in [0.25, 0.3) is 6.08 Å². The number of hydrogen-bond acceptors (Lipinski definition) is 6. The first-order valence-corrected chi connectivity index (χ1v) is 10.2. The summed E-state index contributed by atoms with van der Waals surface area (Å²) < 4.78 is 21.9. The quantitative estimate of drug-likeness (QED) is 0.515. The molecule has 2 aromatic rings. The van der Waals surface area contributed by atoms with Gasteiger partial charge in [0.15, 0.2) is 12.4 Å². The van der Waals surface area contributed by atoms with Gasteiger partial charge in [0, 0.05) is 6.07 Å². The second-order valence-corrected chi connectivity index (χ2v) is 7.41. The lowest BCUT2D eigenvalue weighted by atomic mass is 9.98. The van der Waals surface area contributed by atoms with Crippen molar-refractivity contribution >= 4 is 17.8 Å². The average Bonchev–Trinajstić information content (AvgIpc) is 3.08. The van der Waals surface area contributed by atoms with Crippen LogP contribution in [0.1, 0.15) is 48.0 Å². The number of carbonyl (C=O) groups is 2. The second kappa shape index (κ2) is 9.03. The molecular formula is C24H24O6. The largest absolute Gasteiger partial charge is 0.497 e. The molecule has 6 heteroatoms. The van der Waals surface area contributed by atoms with E-state index < -0.39 is 0 Å². The summed E-state index contributed by atoms with van der Waals surface area (Å²) in [5.74, 6) is 1.28. The molecule has 0 N–H and O–H groups in total. The van der Waals surface area contributed by atoms with E-state index in [9.17, 15) is 9.59 Å². The smallest absolute Gasteiger partial charge is 0.344 e. The molecule has 0 unspecified atom stereocenters. The third-order valence-electron chi connectivity index (χ3n) is 5.26. The summed E-state index contributed by atoms with van der Waals surface area (Å²) >= 11 is 0. The topological polar surface area (TPSA) is 71.1 Å². The molecule has 1 aliphatic carbocycles. The Hall–Kier alpha value is -3.28. The highest BCUT2D eigenvalue weighted by Gasteiger charge is 2.28. The van der Waals surface area contributed by atoms with Gasteiger partial charge in [0.25, 0.3) is 0 Å². The highest BCUT2D eigenvalue weighted by molar-refractivity contribution is 6.14. The van der Waals surface area contributed by atoms with Crippen molar-refractivity contribution in [3.63, 3.8) is 0 Å². The minimum Gasteiger partial charge on any atom is -0.497 e. The lowest BCUT2D eigenvalue weighted by Crippen LogP contribution is -2.24. The van der Waals surface area contributed by atoms with E-state index in [0.29, 0.717) is 17.1 Å². The zero-order valence-electron chi connectivity index (χ0n) is 16.9. The van der Waals surface area contributed by atoms with Crippen LogP contribution in [0, 0.1) is 0 Å². The van der Waals surface area contributed by atoms with Crippen LogP contribution in [0.4, 0.5) is 0 Å². The fourth-order valence-corrected chi connectivity index (χ4v) is 3.65. The number of methoxy groups -OCH3 is 1. The van der Waals surface area contributed by atoms with Gasteiger partial charge < -0.3 is 18.9 Å². The molecule has 4 rings (SSSR count). The Labute approximate surface area is 175 Å². The van der Waals surface area contributed by atoms with Gasteiger partial charge in [0.1, 0.15) is 23.4 Å². The fraction of sp³-hybridized carbons (Fsp3) is 0.333. The molecule has 1 fully saturated rings. The number of ketones is 1. The standard InChI is InChI=1S/C24H24O6/c1-27-17-9-7-16(8-10-17)13-22-24(26)20-12-11-19(14-21(20)30-22)28-15-23(25)29-18-5-3-2-4-6-18/h7-14,18H,2-6,15H2,1H3/b22-13-. The minimum absolute atomic E-state index is 0.00137. The van der Waals surface area contributed by atoms with Crippen molar-refractivity contribution in [1.82, 2.24) is 0 Å². The van der Waals surface area contributed by atoms with E-state index in [1.54, 1.807) is 31.4 Å². The van der Waals surface area contributed by atoms with Crippen molar-refractivity contribution < 1.29 is 28.5 Å². The van der Waals surface area contributed by atoms with Gasteiger partial charge in [-0.3, -0.25) is 4.79 Å². The van der Waals surface area contributed by atoms with Crippen molar-refractivity contribution in [2.24, 2.45) is 0 Å². The van der Waals surface area contributed by atoms with Crippen LogP contribution >= 0.6 is 0 Å². The molecule has 1 aliphatic heterocycles. The van der Waals surface area contributed by atoms with Gasteiger partial charge in [-0.25, -0.2) is 4.79 Å². The van der Waals surface area contributed by atoms with Gasteiger partial charge in [-0.15, -0.1) is 0 Å². The summed E-state index contributed by atoms with van der Waals surface area (Å²) in [5.41, 5.74) is 1.29. The average molecular weight is 408 g/mol. The van der Waals surface area contributed by atoms with E-state index in [1.807, 2.05) is 24.3 Å². The maximum atomic E-state index is 12.6. The first kappa shape index (κ1) is 20.0. The number of ether oxygens (including phenoxy) is 4. The molecule has 0 saturated heterocycles. The van der Waals surface area contributed by atoms with Crippen LogP contribution < -0.4 is 14.2 Å². The normalized spacial score (nSPS) is 17.4. The number of rotatable bonds is 6. The molecule has 30 heavy (non-hydrogen) atoms. The van der Waals surface area contributed by atoms with Gasteiger partial charge >= 0.3 is 5.97 Å². The van der Waals surface area contributed by atoms with Crippen molar-refractivity contribution in [3.8, 4) is 17.2 Å². The zero-order chi connectivity index (χ0) is 20.9. The lowest BCUT2D eigenvalue weighted by Gasteiger charge is -2.21. The zero-order valence-corrected chi connectivity index (χ0v) is 16.9. The molecule has 0 radical (unpaired) electrons. The minimum atomic E-state index is -0.375. The molecule has 1 heterocycles. The third kappa shape index (κ3) is 4.64. The van der Waals surface area contributed by atoms with Crippen LogP contribution in [0.15, 0.2) is 48.2 Å². The van der Waals surface area contributed by atoms with Gasteiger partial charge in [-0.2, -0.15) is 0 Å². The molecule has 0 bridgehead atoms. The summed E-state index contributed by atoms with van der Waals surface area (Å²) in [6, 6.07) is 12.2. The SMILES string of the molecule is COc1ccc(/C=C2\Oc3cc(OCC(=O)OC4CCCCC4)ccc3C2=O)cc1. The number of Topliss-reactive ketones (excluding diaryl/α,β-unsaturated/α-hetero) is 1. The summed E-state index contributed by atoms with van der Waals surface area (Å²) in [4.78, 5) is 24.6. The Bertz CT molecular complexity index is 954. The monoisotopic (exact) mass is 408 g/mol. The molecule has 0 atom stereocenters. The highest BCUT2D eigenvalue weighted by atomic mass is 16.6. The van der Waals surface area contributed by atoms with Crippen LogP contribution in [0.3, 0.4) is 0 Å². The molecule has 6 nitrogen and oxygen atoms in total. The third-order valence-corrected chi connectivity index (χ3v) is 5.26.